The first-order chi connectivity index (χ1) is 16.3. The number of carbonyl (C=O) groups is 4. The van der Waals surface area contributed by atoms with Crippen LogP contribution in [0.15, 0.2) is 30.5 Å². The maximum Gasteiger partial charge on any atom is 0.328 e. The number of carboxylic acids is 1. The molecular weight excluding hydrogens is 444 g/mol. The van der Waals surface area contributed by atoms with Crippen LogP contribution in [-0.4, -0.2) is 76.7 Å². The van der Waals surface area contributed by atoms with Gasteiger partial charge in [-0.3, -0.25) is 14.4 Å². The number of unbranched alkanes of at least 4 members (excludes halogenated alkanes) is 1. The van der Waals surface area contributed by atoms with Gasteiger partial charge >= 0.3 is 5.97 Å². The molecule has 2 aromatic rings. The molecule has 12 heteroatoms. The Morgan fingerprint density at radius 3 is 2.26 bits per heavy atom. The molecule has 1 heterocycles. The van der Waals surface area contributed by atoms with Crippen molar-refractivity contribution in [3.8, 4) is 0 Å². The lowest BCUT2D eigenvalue weighted by molar-refractivity contribution is -0.143. The van der Waals surface area contributed by atoms with Gasteiger partial charge < -0.3 is 42.6 Å². The van der Waals surface area contributed by atoms with E-state index in [4.69, 9.17) is 11.5 Å². The van der Waals surface area contributed by atoms with Crippen LogP contribution in [0, 0.1) is 0 Å². The molecule has 0 bridgehead atoms. The number of amides is 3. The van der Waals surface area contributed by atoms with Crippen LogP contribution < -0.4 is 27.4 Å². The van der Waals surface area contributed by atoms with Crippen molar-refractivity contribution < 1.29 is 29.4 Å². The largest absolute Gasteiger partial charge is 0.480 e. The second-order valence-electron chi connectivity index (χ2n) is 7.82. The number of hydrogen-bond donors (Lipinski definition) is 8. The SMILES string of the molecule is NCCCCC(NC(=O)CN)C(=O)NC(Cc1c[nH]c2ccccc12)C(=O)NC(CO)C(=O)O. The van der Waals surface area contributed by atoms with Gasteiger partial charge in [0.05, 0.1) is 13.2 Å². The van der Waals surface area contributed by atoms with Crippen molar-refractivity contribution in [2.24, 2.45) is 11.5 Å². The van der Waals surface area contributed by atoms with Gasteiger partial charge in [0.1, 0.15) is 18.1 Å². The Kier molecular flexibility index (Phi) is 10.5. The van der Waals surface area contributed by atoms with E-state index >= 15 is 0 Å². The predicted molar refractivity (Wildman–Crippen MR) is 124 cm³/mol. The molecule has 3 unspecified atom stereocenters. The van der Waals surface area contributed by atoms with Gasteiger partial charge in [0.15, 0.2) is 0 Å². The zero-order valence-electron chi connectivity index (χ0n) is 18.8. The number of aromatic nitrogens is 1. The van der Waals surface area contributed by atoms with Crippen LogP contribution in [0.25, 0.3) is 10.9 Å². The smallest absolute Gasteiger partial charge is 0.328 e. The Bertz CT molecular complexity index is 993. The van der Waals surface area contributed by atoms with Gasteiger partial charge in [-0.05, 0) is 37.4 Å². The number of benzene rings is 1. The number of aliphatic carboxylic acids is 1. The molecule has 0 fully saturated rings. The highest BCUT2D eigenvalue weighted by Crippen LogP contribution is 2.19. The maximum absolute atomic E-state index is 13.0. The predicted octanol–water partition coefficient (Wildman–Crippen LogP) is -1.67. The second-order valence-corrected chi connectivity index (χ2v) is 7.82. The molecule has 0 aliphatic heterocycles. The first-order valence-corrected chi connectivity index (χ1v) is 11.0. The summed E-state index contributed by atoms with van der Waals surface area (Å²) in [7, 11) is 0. The van der Waals surface area contributed by atoms with E-state index in [2.05, 4.69) is 20.9 Å². The van der Waals surface area contributed by atoms with Crippen LogP contribution in [0.2, 0.25) is 0 Å². The summed E-state index contributed by atoms with van der Waals surface area (Å²) in [5.74, 6) is -3.35. The zero-order chi connectivity index (χ0) is 25.1. The van der Waals surface area contributed by atoms with Gasteiger partial charge in [0, 0.05) is 23.5 Å². The molecule has 12 nitrogen and oxygen atoms in total. The quantitative estimate of drug-likeness (QED) is 0.147. The van der Waals surface area contributed by atoms with E-state index < -0.39 is 48.4 Å². The molecule has 1 aromatic heterocycles. The maximum atomic E-state index is 13.0. The Labute approximate surface area is 196 Å². The van der Waals surface area contributed by atoms with Gasteiger partial charge in [-0.1, -0.05) is 18.2 Å². The topological polar surface area (TPSA) is 213 Å². The molecule has 1 aromatic carbocycles. The Morgan fingerprint density at radius 1 is 0.941 bits per heavy atom. The van der Waals surface area contributed by atoms with E-state index in [1.807, 2.05) is 24.3 Å². The lowest BCUT2D eigenvalue weighted by Gasteiger charge is -2.24. The fourth-order valence-corrected chi connectivity index (χ4v) is 3.47. The standard InChI is InChI=1S/C22H32N6O6/c23-8-4-3-7-16(26-19(30)10-24)20(31)27-17(21(32)28-18(12-29)22(33)34)9-13-11-25-15-6-2-1-5-14(13)15/h1-2,5-6,11,16-18,25,29H,3-4,7-10,12,23-24H2,(H,26,30)(H,27,31)(H,28,32)(H,33,34). The van der Waals surface area contributed by atoms with Crippen LogP contribution in [0.4, 0.5) is 0 Å². The van der Waals surface area contributed by atoms with E-state index in [9.17, 15) is 29.4 Å². The number of carbonyl (C=O) groups excluding carboxylic acids is 3. The van der Waals surface area contributed by atoms with Crippen molar-refractivity contribution in [3.05, 3.63) is 36.0 Å². The van der Waals surface area contributed by atoms with Crippen molar-refractivity contribution >= 4 is 34.6 Å². The fraction of sp³-hybridized carbons (Fsp3) is 0.455. The number of fused-ring (bicyclic) bond motifs is 1. The molecular formula is C22H32N6O6. The molecule has 3 amide bonds. The highest BCUT2D eigenvalue weighted by Gasteiger charge is 2.30. The van der Waals surface area contributed by atoms with Crippen LogP contribution in [0.3, 0.4) is 0 Å². The summed E-state index contributed by atoms with van der Waals surface area (Å²) in [5, 5.41) is 26.7. The number of hydrogen-bond acceptors (Lipinski definition) is 7. The van der Waals surface area contributed by atoms with Crippen molar-refractivity contribution in [1.29, 1.82) is 0 Å². The molecule has 0 aliphatic rings. The minimum Gasteiger partial charge on any atom is -0.480 e. The third-order valence-corrected chi connectivity index (χ3v) is 5.31. The van der Waals surface area contributed by atoms with Crippen LogP contribution >= 0.6 is 0 Å². The Balaban J connectivity index is 2.27. The number of nitrogens with one attached hydrogen (secondary N) is 4. The number of aliphatic hydroxyl groups is 1. The van der Waals surface area contributed by atoms with Crippen molar-refractivity contribution in [1.82, 2.24) is 20.9 Å². The van der Waals surface area contributed by atoms with E-state index in [1.54, 1.807) is 6.20 Å². The molecule has 0 radical (unpaired) electrons. The lowest BCUT2D eigenvalue weighted by atomic mass is 10.0. The monoisotopic (exact) mass is 476 g/mol. The van der Waals surface area contributed by atoms with Gasteiger partial charge in [-0.15, -0.1) is 0 Å². The third-order valence-electron chi connectivity index (χ3n) is 5.31. The summed E-state index contributed by atoms with van der Waals surface area (Å²) in [5.41, 5.74) is 12.4. The number of aliphatic hydroxyl groups excluding tert-OH is 1. The Morgan fingerprint density at radius 2 is 1.62 bits per heavy atom. The van der Waals surface area contributed by atoms with Crippen LogP contribution in [0.5, 0.6) is 0 Å². The highest BCUT2D eigenvalue weighted by molar-refractivity contribution is 5.94. The van der Waals surface area contributed by atoms with Crippen LogP contribution in [-0.2, 0) is 25.6 Å². The summed E-state index contributed by atoms with van der Waals surface area (Å²) in [6.07, 6.45) is 3.22. The van der Waals surface area contributed by atoms with E-state index in [1.165, 1.54) is 0 Å². The zero-order valence-corrected chi connectivity index (χ0v) is 18.8. The third kappa shape index (κ3) is 7.54. The number of rotatable bonds is 14. The van der Waals surface area contributed by atoms with Gasteiger partial charge in [0.2, 0.25) is 17.7 Å². The molecule has 10 N–H and O–H groups in total. The summed E-state index contributed by atoms with van der Waals surface area (Å²) < 4.78 is 0. The average molecular weight is 477 g/mol. The summed E-state index contributed by atoms with van der Waals surface area (Å²) in [4.78, 5) is 52.2. The number of aromatic amines is 1. The first kappa shape index (κ1) is 26.8. The van der Waals surface area contributed by atoms with Crippen molar-refractivity contribution in [2.75, 3.05) is 19.7 Å². The molecule has 0 aliphatic carbocycles. The molecule has 34 heavy (non-hydrogen) atoms. The normalized spacial score (nSPS) is 13.6. The van der Waals surface area contributed by atoms with Gasteiger partial charge in [-0.2, -0.15) is 0 Å². The van der Waals surface area contributed by atoms with E-state index in [-0.39, 0.29) is 19.4 Å². The highest BCUT2D eigenvalue weighted by atomic mass is 16.4. The Hall–Kier alpha value is -3.48. The minimum atomic E-state index is -1.54. The van der Waals surface area contributed by atoms with Gasteiger partial charge in [-0.25, -0.2) is 4.79 Å². The second kappa shape index (κ2) is 13.3. The fourth-order valence-electron chi connectivity index (χ4n) is 3.47. The van der Waals surface area contributed by atoms with Gasteiger partial charge in [0.25, 0.3) is 0 Å². The molecule has 0 spiro atoms. The number of H-pyrrole nitrogens is 1. The molecule has 3 atom stereocenters. The van der Waals surface area contributed by atoms with E-state index in [0.29, 0.717) is 19.4 Å². The number of nitrogens with two attached hydrogens (primary N) is 2. The lowest BCUT2D eigenvalue weighted by Crippen LogP contribution is -2.57. The minimum absolute atomic E-state index is 0.0414. The van der Waals surface area contributed by atoms with Crippen molar-refractivity contribution in [3.63, 3.8) is 0 Å². The summed E-state index contributed by atoms with van der Waals surface area (Å²) in [6, 6.07) is 3.72. The van der Waals surface area contributed by atoms with Crippen LogP contribution in [0.1, 0.15) is 24.8 Å². The average Bonchev–Trinajstić information content (AvgIpc) is 3.23. The molecule has 0 saturated carbocycles. The summed E-state index contributed by atoms with van der Waals surface area (Å²) >= 11 is 0. The molecule has 0 saturated heterocycles. The number of para-hydroxylation sites is 1. The molecule has 186 valence electrons. The number of carboxylic acid groups (broad SMARTS) is 1. The molecule has 2 rings (SSSR count). The summed E-state index contributed by atoms with van der Waals surface area (Å²) in [6.45, 7) is -0.706. The first-order valence-electron chi connectivity index (χ1n) is 11.0. The van der Waals surface area contributed by atoms with E-state index in [0.717, 1.165) is 16.5 Å². The van der Waals surface area contributed by atoms with Crippen molar-refractivity contribution in [2.45, 2.75) is 43.8 Å².